The van der Waals surface area contributed by atoms with E-state index in [0.717, 1.165) is 17.1 Å². The van der Waals surface area contributed by atoms with E-state index < -0.39 is 0 Å². The Hall–Kier alpha value is -1.18. The first-order valence-electron chi connectivity index (χ1n) is 4.76. The zero-order valence-corrected chi connectivity index (χ0v) is 9.04. The fourth-order valence-corrected chi connectivity index (χ4v) is 1.09. The molecule has 0 fully saturated rings. The highest BCUT2D eigenvalue weighted by molar-refractivity contribution is 5.43. The number of ether oxygens (including phenoxy) is 2. The summed E-state index contributed by atoms with van der Waals surface area (Å²) >= 11 is 0. The Morgan fingerprint density at radius 1 is 1.29 bits per heavy atom. The Kier molecular flexibility index (Phi) is 3.81. The van der Waals surface area contributed by atoms with E-state index in [0.29, 0.717) is 12.5 Å². The number of hydrogen-bond acceptors (Lipinski definition) is 2. The summed E-state index contributed by atoms with van der Waals surface area (Å²) in [6.07, 6.45) is 0. The van der Waals surface area contributed by atoms with Crippen LogP contribution in [-0.4, -0.2) is 13.7 Å². The van der Waals surface area contributed by atoms with Crippen LogP contribution in [0.3, 0.4) is 0 Å². The Balaban J connectivity index is 2.75. The van der Waals surface area contributed by atoms with Gasteiger partial charge < -0.3 is 9.47 Å². The maximum Gasteiger partial charge on any atom is 0.161 e. The van der Waals surface area contributed by atoms with Gasteiger partial charge in [0.15, 0.2) is 11.5 Å². The van der Waals surface area contributed by atoms with Crippen molar-refractivity contribution in [2.45, 2.75) is 13.8 Å². The predicted octanol–water partition coefficient (Wildman–Crippen LogP) is 2.91. The molecule has 1 aromatic rings. The first-order valence-corrected chi connectivity index (χ1v) is 4.76. The first kappa shape index (κ1) is 10.9. The van der Waals surface area contributed by atoms with Crippen molar-refractivity contribution >= 4 is 0 Å². The summed E-state index contributed by atoms with van der Waals surface area (Å²) in [6.45, 7) is 8.76. The van der Waals surface area contributed by atoms with Gasteiger partial charge in [-0.1, -0.05) is 19.9 Å². The minimum absolute atomic E-state index is 0.513. The highest BCUT2D eigenvalue weighted by Gasteiger charge is 2.04. The molecule has 0 aliphatic heterocycles. The van der Waals surface area contributed by atoms with E-state index in [2.05, 4.69) is 20.8 Å². The van der Waals surface area contributed by atoms with Crippen LogP contribution >= 0.6 is 0 Å². The SMILES string of the molecule is [CH2]c1ccc(OCC(C)C)c(OC)c1. The van der Waals surface area contributed by atoms with Crippen LogP contribution in [0.15, 0.2) is 18.2 Å². The number of methoxy groups -OCH3 is 1. The quantitative estimate of drug-likeness (QED) is 0.732. The molecule has 1 aromatic carbocycles. The smallest absolute Gasteiger partial charge is 0.161 e. The van der Waals surface area contributed by atoms with Gasteiger partial charge in [0.2, 0.25) is 0 Å². The largest absolute Gasteiger partial charge is 0.493 e. The van der Waals surface area contributed by atoms with Crippen molar-refractivity contribution in [3.8, 4) is 11.5 Å². The lowest BCUT2D eigenvalue weighted by Gasteiger charge is -2.12. The molecule has 0 aromatic heterocycles. The Labute approximate surface area is 85.8 Å². The molecule has 2 nitrogen and oxygen atoms in total. The summed E-state index contributed by atoms with van der Waals surface area (Å²) in [4.78, 5) is 0. The van der Waals surface area contributed by atoms with Gasteiger partial charge in [0.25, 0.3) is 0 Å². The third-order valence-electron chi connectivity index (χ3n) is 1.80. The molecule has 0 aliphatic rings. The molecular formula is C12H17O2. The van der Waals surface area contributed by atoms with E-state index >= 15 is 0 Å². The van der Waals surface area contributed by atoms with Gasteiger partial charge in [0, 0.05) is 0 Å². The fourth-order valence-electron chi connectivity index (χ4n) is 1.09. The van der Waals surface area contributed by atoms with Crippen molar-refractivity contribution in [3.63, 3.8) is 0 Å². The second-order valence-electron chi connectivity index (χ2n) is 3.69. The van der Waals surface area contributed by atoms with Gasteiger partial charge in [-0.2, -0.15) is 0 Å². The summed E-state index contributed by atoms with van der Waals surface area (Å²) < 4.78 is 10.8. The van der Waals surface area contributed by atoms with Gasteiger partial charge in [0.1, 0.15) is 0 Å². The minimum Gasteiger partial charge on any atom is -0.493 e. The molecule has 0 saturated carbocycles. The Morgan fingerprint density at radius 2 is 2.00 bits per heavy atom. The van der Waals surface area contributed by atoms with E-state index in [1.54, 1.807) is 7.11 Å². The minimum atomic E-state index is 0.513. The van der Waals surface area contributed by atoms with Crippen molar-refractivity contribution in [1.82, 2.24) is 0 Å². The van der Waals surface area contributed by atoms with Crippen LogP contribution in [0.2, 0.25) is 0 Å². The van der Waals surface area contributed by atoms with Crippen LogP contribution in [0.1, 0.15) is 19.4 Å². The van der Waals surface area contributed by atoms with E-state index in [-0.39, 0.29) is 0 Å². The molecule has 0 bridgehead atoms. The average molecular weight is 193 g/mol. The molecule has 0 spiro atoms. The van der Waals surface area contributed by atoms with Gasteiger partial charge in [0.05, 0.1) is 13.7 Å². The van der Waals surface area contributed by atoms with Crippen LogP contribution < -0.4 is 9.47 Å². The van der Waals surface area contributed by atoms with Crippen LogP contribution in [0.4, 0.5) is 0 Å². The molecule has 0 N–H and O–H groups in total. The zero-order valence-electron chi connectivity index (χ0n) is 9.04. The molecule has 2 heteroatoms. The molecule has 1 radical (unpaired) electrons. The number of hydrogen-bond donors (Lipinski definition) is 0. The lowest BCUT2D eigenvalue weighted by molar-refractivity contribution is 0.257. The third kappa shape index (κ3) is 2.95. The van der Waals surface area contributed by atoms with Crippen molar-refractivity contribution in [3.05, 3.63) is 30.7 Å². The van der Waals surface area contributed by atoms with Crippen molar-refractivity contribution in [2.24, 2.45) is 5.92 Å². The van der Waals surface area contributed by atoms with Crippen molar-refractivity contribution in [2.75, 3.05) is 13.7 Å². The summed E-state index contributed by atoms with van der Waals surface area (Å²) in [5.41, 5.74) is 0.929. The Bertz CT molecular complexity index is 292. The molecule has 14 heavy (non-hydrogen) atoms. The van der Waals surface area contributed by atoms with Gasteiger partial charge >= 0.3 is 0 Å². The monoisotopic (exact) mass is 193 g/mol. The molecule has 1 rings (SSSR count). The topological polar surface area (TPSA) is 18.5 Å². The summed E-state index contributed by atoms with van der Waals surface area (Å²) in [6, 6.07) is 5.68. The maximum atomic E-state index is 5.59. The van der Waals surface area contributed by atoms with E-state index in [9.17, 15) is 0 Å². The van der Waals surface area contributed by atoms with E-state index in [4.69, 9.17) is 9.47 Å². The average Bonchev–Trinajstić information content (AvgIpc) is 2.15. The van der Waals surface area contributed by atoms with E-state index in [1.165, 1.54) is 0 Å². The predicted molar refractivity (Wildman–Crippen MR) is 57.8 cm³/mol. The molecule has 0 saturated heterocycles. The van der Waals surface area contributed by atoms with Crippen LogP contribution in [0.5, 0.6) is 11.5 Å². The van der Waals surface area contributed by atoms with Crippen LogP contribution in [0, 0.1) is 12.8 Å². The highest BCUT2D eigenvalue weighted by atomic mass is 16.5. The molecule has 0 aliphatic carbocycles. The maximum absolute atomic E-state index is 5.59. The lowest BCUT2D eigenvalue weighted by Crippen LogP contribution is -2.05. The fraction of sp³-hybridized carbons (Fsp3) is 0.417. The Morgan fingerprint density at radius 3 is 2.57 bits per heavy atom. The molecule has 0 heterocycles. The number of benzene rings is 1. The lowest BCUT2D eigenvalue weighted by atomic mass is 10.2. The molecule has 0 unspecified atom stereocenters. The molecule has 0 amide bonds. The second-order valence-corrected chi connectivity index (χ2v) is 3.69. The van der Waals surface area contributed by atoms with Gasteiger partial charge in [-0.3, -0.25) is 0 Å². The summed E-state index contributed by atoms with van der Waals surface area (Å²) in [7, 11) is 1.64. The molecule has 0 atom stereocenters. The van der Waals surface area contributed by atoms with Crippen molar-refractivity contribution in [1.29, 1.82) is 0 Å². The second kappa shape index (κ2) is 4.89. The van der Waals surface area contributed by atoms with Crippen LogP contribution in [-0.2, 0) is 0 Å². The van der Waals surface area contributed by atoms with Gasteiger partial charge in [-0.15, -0.1) is 0 Å². The van der Waals surface area contributed by atoms with Gasteiger partial charge in [-0.25, -0.2) is 0 Å². The van der Waals surface area contributed by atoms with E-state index in [1.807, 2.05) is 18.2 Å². The standard InChI is InChI=1S/C12H17O2/c1-9(2)8-14-11-6-5-10(3)7-12(11)13-4/h5-7,9H,3,8H2,1-2,4H3. The summed E-state index contributed by atoms with van der Waals surface area (Å²) in [5, 5.41) is 0. The van der Waals surface area contributed by atoms with Crippen LogP contribution in [0.25, 0.3) is 0 Å². The molecule has 77 valence electrons. The third-order valence-corrected chi connectivity index (χ3v) is 1.80. The van der Waals surface area contributed by atoms with Crippen molar-refractivity contribution < 1.29 is 9.47 Å². The highest BCUT2D eigenvalue weighted by Crippen LogP contribution is 2.27. The number of rotatable bonds is 4. The first-order chi connectivity index (χ1) is 6.63. The zero-order chi connectivity index (χ0) is 10.6. The normalized spacial score (nSPS) is 10.4. The van der Waals surface area contributed by atoms with Gasteiger partial charge in [-0.05, 0) is 30.5 Å². The molecular weight excluding hydrogens is 176 g/mol. The summed E-state index contributed by atoms with van der Waals surface area (Å²) in [5.74, 6) is 2.05.